The Morgan fingerprint density at radius 1 is 1.29 bits per heavy atom. The Bertz CT molecular complexity index is 1000. The van der Waals surface area contributed by atoms with Crippen LogP contribution >= 0.6 is 11.8 Å². The highest BCUT2D eigenvalue weighted by Crippen LogP contribution is 2.64. The minimum Gasteiger partial charge on any atom is -0.326 e. The first-order valence-corrected chi connectivity index (χ1v) is 11.1. The van der Waals surface area contributed by atoms with Crippen molar-refractivity contribution in [1.82, 2.24) is 5.32 Å². The van der Waals surface area contributed by atoms with E-state index >= 15 is 0 Å². The molecular weight excluding hydrogens is 418 g/mol. The number of fused-ring (bicyclic) bond motifs is 2. The molecule has 2 N–H and O–H groups in total. The topological polar surface area (TPSA) is 126 Å². The Balaban J connectivity index is 1.36. The SMILES string of the molecule is CC12CCC(CC1=NN=C1NC(=O)C(CC(=O)Nc3ccc([N+](=O)[O-])cc3)S1)C2(C)C. The number of hydrogen-bond acceptors (Lipinski definition) is 7. The van der Waals surface area contributed by atoms with Crippen molar-refractivity contribution in [3.05, 3.63) is 34.4 Å². The average Bonchev–Trinajstić information content (AvgIpc) is 3.23. The Morgan fingerprint density at radius 3 is 2.58 bits per heavy atom. The molecule has 2 saturated carbocycles. The minimum atomic E-state index is -0.593. The highest BCUT2D eigenvalue weighted by Gasteiger charge is 2.60. The van der Waals surface area contributed by atoms with Gasteiger partial charge in [-0.3, -0.25) is 19.7 Å². The lowest BCUT2D eigenvalue weighted by Crippen LogP contribution is -2.32. The van der Waals surface area contributed by atoms with Gasteiger partial charge in [0, 0.05) is 35.4 Å². The lowest BCUT2D eigenvalue weighted by Gasteiger charge is -2.34. The number of carbonyl (C=O) groups excluding carboxylic acids is 2. The van der Waals surface area contributed by atoms with Crippen LogP contribution in [0.4, 0.5) is 11.4 Å². The Labute approximate surface area is 184 Å². The summed E-state index contributed by atoms with van der Waals surface area (Å²) in [6.45, 7) is 6.85. The van der Waals surface area contributed by atoms with Crippen molar-refractivity contribution in [1.29, 1.82) is 0 Å². The summed E-state index contributed by atoms with van der Waals surface area (Å²) in [6.07, 6.45) is 3.24. The van der Waals surface area contributed by atoms with Crippen LogP contribution in [0.15, 0.2) is 34.5 Å². The zero-order valence-corrected chi connectivity index (χ0v) is 18.5. The monoisotopic (exact) mass is 443 g/mol. The van der Waals surface area contributed by atoms with E-state index in [9.17, 15) is 19.7 Å². The van der Waals surface area contributed by atoms with Gasteiger partial charge in [0.2, 0.25) is 11.8 Å². The molecule has 3 atom stereocenters. The minimum absolute atomic E-state index is 0.0318. The molecule has 1 aromatic rings. The molecule has 10 heteroatoms. The van der Waals surface area contributed by atoms with Gasteiger partial charge in [0.1, 0.15) is 5.25 Å². The molecule has 31 heavy (non-hydrogen) atoms. The van der Waals surface area contributed by atoms with Crippen molar-refractivity contribution in [3.63, 3.8) is 0 Å². The smallest absolute Gasteiger partial charge is 0.269 e. The number of non-ortho nitro benzene ring substituents is 1. The summed E-state index contributed by atoms with van der Waals surface area (Å²) in [4.78, 5) is 34.8. The first-order chi connectivity index (χ1) is 14.6. The van der Waals surface area contributed by atoms with Crippen LogP contribution in [0, 0.1) is 26.9 Å². The molecule has 3 unspecified atom stereocenters. The number of rotatable bonds is 5. The third-order valence-electron chi connectivity index (χ3n) is 7.28. The molecular formula is C21H25N5O4S. The van der Waals surface area contributed by atoms with Gasteiger partial charge >= 0.3 is 0 Å². The number of nitro groups is 1. The van der Waals surface area contributed by atoms with Crippen molar-refractivity contribution in [3.8, 4) is 0 Å². The fourth-order valence-corrected chi connectivity index (χ4v) is 5.74. The largest absolute Gasteiger partial charge is 0.326 e. The molecule has 1 heterocycles. The normalized spacial score (nSPS) is 31.3. The molecule has 3 aliphatic rings. The third kappa shape index (κ3) is 3.84. The van der Waals surface area contributed by atoms with Crippen molar-refractivity contribution in [2.24, 2.45) is 27.0 Å². The number of amidine groups is 1. The van der Waals surface area contributed by atoms with E-state index in [4.69, 9.17) is 0 Å². The molecule has 2 bridgehead atoms. The van der Waals surface area contributed by atoms with E-state index in [1.165, 1.54) is 42.4 Å². The molecule has 1 aromatic carbocycles. The fraction of sp³-hybridized carbons (Fsp3) is 0.524. The van der Waals surface area contributed by atoms with Crippen molar-refractivity contribution >= 4 is 45.8 Å². The van der Waals surface area contributed by atoms with Gasteiger partial charge in [-0.1, -0.05) is 32.5 Å². The van der Waals surface area contributed by atoms with Crippen LogP contribution in [0.1, 0.15) is 46.5 Å². The van der Waals surface area contributed by atoms with Crippen LogP contribution < -0.4 is 10.6 Å². The van der Waals surface area contributed by atoms with Crippen molar-refractivity contribution in [2.45, 2.75) is 51.7 Å². The van der Waals surface area contributed by atoms with Gasteiger partial charge in [0.25, 0.3) is 5.69 Å². The van der Waals surface area contributed by atoms with Gasteiger partial charge < -0.3 is 10.6 Å². The summed E-state index contributed by atoms with van der Waals surface area (Å²) < 4.78 is 0. The number of thioether (sulfide) groups is 1. The molecule has 0 aromatic heterocycles. The van der Waals surface area contributed by atoms with Gasteiger partial charge in [0.15, 0.2) is 5.17 Å². The summed E-state index contributed by atoms with van der Waals surface area (Å²) in [7, 11) is 0. The predicted molar refractivity (Wildman–Crippen MR) is 120 cm³/mol. The van der Waals surface area contributed by atoms with E-state index in [0.29, 0.717) is 16.8 Å². The second kappa shape index (κ2) is 7.74. The first kappa shape index (κ1) is 21.5. The summed E-state index contributed by atoms with van der Waals surface area (Å²) in [5.74, 6) is -0.00292. The summed E-state index contributed by atoms with van der Waals surface area (Å²) in [5, 5.41) is 24.7. The van der Waals surface area contributed by atoms with Crippen LogP contribution in [-0.2, 0) is 9.59 Å². The molecule has 4 rings (SSSR count). The molecule has 2 amide bonds. The van der Waals surface area contributed by atoms with Crippen LogP contribution in [0.25, 0.3) is 0 Å². The molecule has 2 aliphatic carbocycles. The Morgan fingerprint density at radius 2 is 2.00 bits per heavy atom. The lowest BCUT2D eigenvalue weighted by atomic mass is 9.70. The molecule has 3 fully saturated rings. The van der Waals surface area contributed by atoms with Crippen LogP contribution in [-0.4, -0.2) is 32.9 Å². The second-order valence-electron chi connectivity index (χ2n) is 9.10. The van der Waals surface area contributed by atoms with Gasteiger partial charge in [-0.25, -0.2) is 0 Å². The molecule has 164 valence electrons. The zero-order chi connectivity index (χ0) is 22.4. The lowest BCUT2D eigenvalue weighted by molar-refractivity contribution is -0.384. The number of nitro benzene ring substituents is 1. The quantitative estimate of drug-likeness (QED) is 0.530. The first-order valence-electron chi connectivity index (χ1n) is 10.3. The van der Waals surface area contributed by atoms with Crippen molar-refractivity contribution < 1.29 is 14.5 Å². The number of amides is 2. The van der Waals surface area contributed by atoms with E-state index in [1.54, 1.807) is 0 Å². The number of carbonyl (C=O) groups is 2. The van der Waals surface area contributed by atoms with Gasteiger partial charge in [-0.05, 0) is 42.7 Å². The maximum atomic E-state index is 12.3. The van der Waals surface area contributed by atoms with E-state index in [2.05, 4.69) is 41.6 Å². The predicted octanol–water partition coefficient (Wildman–Crippen LogP) is 3.71. The van der Waals surface area contributed by atoms with E-state index in [1.807, 2.05) is 0 Å². The van der Waals surface area contributed by atoms with Gasteiger partial charge in [0.05, 0.1) is 4.92 Å². The Kier molecular flexibility index (Phi) is 5.36. The molecule has 1 saturated heterocycles. The molecule has 9 nitrogen and oxygen atoms in total. The number of nitrogens with one attached hydrogen (secondary N) is 2. The number of hydrogen-bond donors (Lipinski definition) is 2. The highest BCUT2D eigenvalue weighted by atomic mass is 32.2. The summed E-state index contributed by atoms with van der Waals surface area (Å²) >= 11 is 1.20. The summed E-state index contributed by atoms with van der Waals surface area (Å²) in [6, 6.07) is 5.54. The maximum Gasteiger partial charge on any atom is 0.269 e. The number of benzene rings is 1. The van der Waals surface area contributed by atoms with E-state index in [-0.39, 0.29) is 34.8 Å². The molecule has 0 spiro atoms. The average molecular weight is 444 g/mol. The second-order valence-corrected chi connectivity index (χ2v) is 10.3. The molecule has 1 aliphatic heterocycles. The fourth-order valence-electron chi connectivity index (χ4n) is 4.82. The van der Waals surface area contributed by atoms with Crippen LogP contribution in [0.3, 0.4) is 0 Å². The van der Waals surface area contributed by atoms with Gasteiger partial charge in [-0.2, -0.15) is 5.10 Å². The van der Waals surface area contributed by atoms with E-state index < -0.39 is 10.2 Å². The number of nitrogens with zero attached hydrogens (tertiary/aromatic N) is 3. The van der Waals surface area contributed by atoms with Crippen molar-refractivity contribution in [2.75, 3.05) is 5.32 Å². The third-order valence-corrected chi connectivity index (χ3v) is 8.36. The maximum absolute atomic E-state index is 12.3. The Hall–Kier alpha value is -2.75. The van der Waals surface area contributed by atoms with Gasteiger partial charge in [-0.15, -0.1) is 5.10 Å². The molecule has 0 radical (unpaired) electrons. The van der Waals surface area contributed by atoms with E-state index in [0.717, 1.165) is 18.6 Å². The zero-order valence-electron chi connectivity index (χ0n) is 17.7. The van der Waals surface area contributed by atoms with Crippen LogP contribution in [0.2, 0.25) is 0 Å². The highest BCUT2D eigenvalue weighted by molar-refractivity contribution is 8.15. The van der Waals surface area contributed by atoms with Crippen LogP contribution in [0.5, 0.6) is 0 Å². The number of anilines is 1. The summed E-state index contributed by atoms with van der Waals surface area (Å²) in [5.41, 5.74) is 1.72. The standard InChI is InChI=1S/C21H25N5O4S/c1-20(2)12-8-9-21(20,3)16(10-12)24-25-19-23-18(28)15(31-19)11-17(27)22-13-4-6-14(7-5-13)26(29)30/h4-7,12,15H,8-11H2,1-3H3,(H,22,27)(H,23,25,28).